The molecule has 0 bridgehead atoms. The number of halogens is 2. The highest BCUT2D eigenvalue weighted by atomic mass is 79.9. The van der Waals surface area contributed by atoms with E-state index in [0.717, 1.165) is 19.3 Å². The van der Waals surface area contributed by atoms with Gasteiger partial charge in [0.1, 0.15) is 98.1 Å². The predicted molar refractivity (Wildman–Crippen MR) is 452 cm³/mol. The van der Waals surface area contributed by atoms with E-state index in [9.17, 15) is 34.5 Å². The molecule has 35 nitrogen and oxygen atoms in total. The van der Waals surface area contributed by atoms with Crippen molar-refractivity contribution in [1.29, 1.82) is 5.26 Å². The van der Waals surface area contributed by atoms with Crippen LogP contribution in [0.15, 0.2) is 113 Å². The van der Waals surface area contributed by atoms with Gasteiger partial charge in [-0.2, -0.15) is 5.26 Å². The summed E-state index contributed by atoms with van der Waals surface area (Å²) in [7, 11) is 0. The number of hydrogen-bond donors (Lipinski definition) is 8. The molecule has 630 valence electrons. The maximum absolute atomic E-state index is 12.8. The van der Waals surface area contributed by atoms with E-state index in [4.69, 9.17) is 85.8 Å². The average Bonchev–Trinajstić information content (AvgIpc) is 1.59. The van der Waals surface area contributed by atoms with Crippen LogP contribution in [0.4, 0.5) is 40.3 Å². The van der Waals surface area contributed by atoms with Crippen LogP contribution in [0.25, 0.3) is 58.7 Å². The Hall–Kier alpha value is -12.1. The second-order valence-electron chi connectivity index (χ2n) is 28.1. The number of nitrogens with two attached hydrogens (primary N) is 4. The number of rotatable bonds is 14. The molecule has 12 N–H and O–H groups in total. The third-order valence-corrected chi connectivity index (χ3v) is 21.7. The number of nitrogens with one attached hydrogen (secondary N) is 1. The van der Waals surface area contributed by atoms with Crippen molar-refractivity contribution in [2.45, 2.75) is 190 Å². The summed E-state index contributed by atoms with van der Waals surface area (Å²) >= 11 is 6.76. The first kappa shape index (κ1) is 91.8. The van der Waals surface area contributed by atoms with Gasteiger partial charge in [0.2, 0.25) is 23.4 Å². The number of aromatic amines is 1. The number of anilines is 4. The first-order valence-electron chi connectivity index (χ1n) is 37.5. The van der Waals surface area contributed by atoms with Crippen molar-refractivity contribution in [3.63, 3.8) is 0 Å². The summed E-state index contributed by atoms with van der Waals surface area (Å²) in [4.78, 5) is 96.3. The molecule has 4 saturated heterocycles. The summed E-state index contributed by atoms with van der Waals surface area (Å²) in [6, 6.07) is 28.5. The maximum Gasteiger partial charge on any atom is 0.338 e. The van der Waals surface area contributed by atoms with Crippen molar-refractivity contribution in [2.75, 3.05) is 29.5 Å². The lowest BCUT2D eigenvalue weighted by Gasteiger charge is -2.24. The quantitative estimate of drug-likeness (QED) is 0.0285. The van der Waals surface area contributed by atoms with Crippen LogP contribution in [0, 0.1) is 76.5 Å². The summed E-state index contributed by atoms with van der Waals surface area (Å²) in [6.45, 7) is 42.1. The number of fused-ring (bicyclic) bond motifs is 4. The molecule has 0 radical (unpaired) electrons. The van der Waals surface area contributed by atoms with E-state index in [0.29, 0.717) is 116 Å². The lowest BCUT2D eigenvalue weighted by Crippen LogP contribution is -2.34. The fraction of sp³-hybridized carbons (Fsp3) is 0.398. The van der Waals surface area contributed by atoms with Crippen LogP contribution >= 0.6 is 31.9 Å². The summed E-state index contributed by atoms with van der Waals surface area (Å²) < 4.78 is 52.3. The van der Waals surface area contributed by atoms with Gasteiger partial charge >= 0.3 is 23.9 Å². The van der Waals surface area contributed by atoms with E-state index in [2.05, 4.69) is 91.3 Å². The van der Waals surface area contributed by atoms with Crippen molar-refractivity contribution in [3.8, 4) is 6.07 Å². The number of esters is 4. The number of ether oxygens (including phenoxy) is 8. The lowest BCUT2D eigenvalue weighted by atomic mass is 9.98. The van der Waals surface area contributed by atoms with Crippen molar-refractivity contribution < 1.29 is 72.4 Å². The zero-order valence-electron chi connectivity index (χ0n) is 65.9. The first-order valence-corrected chi connectivity index (χ1v) is 39.0. The molecule has 120 heavy (non-hydrogen) atoms. The van der Waals surface area contributed by atoms with Gasteiger partial charge in [-0.1, -0.05) is 111 Å². The monoisotopic (exact) mass is 1770 g/mol. The van der Waals surface area contributed by atoms with Crippen molar-refractivity contribution >= 4 is 140 Å². The van der Waals surface area contributed by atoms with Crippen LogP contribution in [0.1, 0.15) is 161 Å². The van der Waals surface area contributed by atoms with Crippen LogP contribution in [0.5, 0.6) is 0 Å². The number of benzene rings is 3. The van der Waals surface area contributed by atoms with Gasteiger partial charge in [0.05, 0.1) is 93.0 Å². The second kappa shape index (κ2) is 39.6. The topological polar surface area (TPSA) is 477 Å². The molecule has 0 saturated carbocycles. The molecule has 0 amide bonds. The van der Waals surface area contributed by atoms with E-state index in [1.165, 1.54) is 17.7 Å². The summed E-state index contributed by atoms with van der Waals surface area (Å²) in [6.07, 6.45) is -3.17. The molecule has 3 aromatic carbocycles. The molecular weight excluding hydrogens is 1680 g/mol. The van der Waals surface area contributed by atoms with Gasteiger partial charge in [-0.15, -0.1) is 0 Å². The molecular formula is C83H94Br2N20O15. The zero-order valence-corrected chi connectivity index (χ0v) is 69.1. The normalized spacial score (nSPS) is 23.1. The number of aryl methyl sites for hydroxylation is 4. The van der Waals surface area contributed by atoms with E-state index in [-0.39, 0.29) is 74.1 Å². The highest BCUT2D eigenvalue weighted by molar-refractivity contribution is 9.10. The average molecular weight is 1770 g/mol. The molecule has 12 heterocycles. The van der Waals surface area contributed by atoms with Crippen LogP contribution in [-0.2, 0) is 42.7 Å². The van der Waals surface area contributed by atoms with Crippen molar-refractivity contribution in [3.05, 3.63) is 192 Å². The number of nitrogen functional groups attached to an aromatic ring is 4. The standard InChI is InChI=1S/C22H22BrN5O3.C22H23N5O3.C16H20O5.C13H15N5O4.C8H6BrN5.2CH4/c1-5-14-11(2)17(31-22(29)13-9-7-6-8-10-13)21(30-14)28-18(23)16(25-4)15-19(24)26-12(3)27-20(15)28;1-5-16-12(2)18(30-22(28)14-9-7-6-8-10-14)21(29-16)27-11-15(24-4)17-19(23)25-13(3)26-20(17)27;1-4-13-10(2)14(16(20-13)19-11(3)17)21-15(18)12-8-6-5-7-9-12;1-5-16-11(14)8-6(15-2)3-18(12(8)17-5)13-10(21)9(20)7(4-19)22-13;1-3-12-7(11)5-4(2-10)6(9)14-8(5)13-3;;/h6-11,14,17,21H,5H2,1-3H3,(H2,24,26,27);6-12,16,18,21H,5H2,1-3H3,(H2,23,25,26);5-10,13-14,16H,4H2,1-3H3;3,7,9-10,13,19-21H,4H2,1H3,(H2,14,16,17);1H3,(H3,11,12,13,14);2*1H4/t11-,14-,17-,21-;12-,16-,18-,21-;10-,13-,14-,16?;7-,9-,10-,13-;;;/m1111.../s1. The highest BCUT2D eigenvalue weighted by Gasteiger charge is 2.50. The van der Waals surface area contributed by atoms with Gasteiger partial charge in [0.25, 0.3) is 0 Å². The molecule has 15 rings (SSSR count). The summed E-state index contributed by atoms with van der Waals surface area (Å²) in [5.74, 6) is 1.05. The second-order valence-corrected chi connectivity index (χ2v) is 29.6. The fourth-order valence-corrected chi connectivity index (χ4v) is 15.7. The van der Waals surface area contributed by atoms with Gasteiger partial charge in [-0.05, 0) is 115 Å². The van der Waals surface area contributed by atoms with Crippen LogP contribution in [-0.4, -0.2) is 166 Å². The molecule has 1 unspecified atom stereocenters. The van der Waals surface area contributed by atoms with E-state index >= 15 is 0 Å². The number of nitriles is 1. The SMILES string of the molecule is C.C.CC[C@H]1OC(OC(C)=O)[C@H](OC(=O)c2ccccc2)[C@@H]1C.Cc1nc(N)c2c(C#N)c(Br)[nH]c2n1.[C-]#[N+]c1c(Br)n([C@@H]2O[C@H](CC)[C@@H](C)[C@H]2OC(=O)c2ccccc2)c2nc(C)nc(N)c12.[C-]#[N+]c1cn([C@@H]2O[C@H](CC)[C@@H](C)[C@H]2OC(=O)c2ccccc2)c2nc(C)nc(N)c12.[C-]#[N+]c1cn([C@@H]2O[C@H](CO)[C@@H](O)[C@H]2O)c2nc(C)nc(N)c12. The number of carbonyl (C=O) groups excluding carboxylic acids is 4. The Kier molecular flexibility index (Phi) is 30.3. The predicted octanol–water partition coefficient (Wildman–Crippen LogP) is 13.6. The van der Waals surface area contributed by atoms with Gasteiger partial charge in [0, 0.05) is 37.1 Å². The van der Waals surface area contributed by atoms with Crippen LogP contribution in [0.3, 0.4) is 0 Å². The molecule has 11 aromatic rings. The van der Waals surface area contributed by atoms with Crippen LogP contribution < -0.4 is 22.9 Å². The Morgan fingerprint density at radius 1 is 0.525 bits per heavy atom. The van der Waals surface area contributed by atoms with Gasteiger partial charge in [0.15, 0.2) is 37.0 Å². The van der Waals surface area contributed by atoms with Crippen LogP contribution in [0.2, 0.25) is 0 Å². The Labute approximate surface area is 708 Å². The van der Waals surface area contributed by atoms with E-state index < -0.39 is 92.1 Å². The first-order chi connectivity index (χ1) is 56.4. The maximum atomic E-state index is 12.8. The molecule has 0 spiro atoms. The molecule has 4 aliphatic heterocycles. The minimum Gasteiger partial charge on any atom is -0.454 e. The molecule has 4 aliphatic rings. The van der Waals surface area contributed by atoms with Crippen molar-refractivity contribution in [1.82, 2.24) is 58.6 Å². The number of aliphatic hydroxyl groups excluding tert-OH is 3. The Morgan fingerprint density at radius 2 is 0.908 bits per heavy atom. The van der Waals surface area contributed by atoms with Gasteiger partial charge < -0.3 is 90.3 Å². The number of nitrogens with zero attached hydrogens (tertiary/aromatic N) is 15. The molecule has 4 fully saturated rings. The number of carbonyl (C=O) groups is 4. The number of hydrogen-bond acceptors (Lipinski definition) is 28. The minimum absolute atomic E-state index is 0. The third kappa shape index (κ3) is 18.9. The summed E-state index contributed by atoms with van der Waals surface area (Å²) in [5.41, 5.74) is 28.4. The fourth-order valence-electron chi connectivity index (χ4n) is 14.6. The van der Waals surface area contributed by atoms with E-state index in [1.807, 2.05) is 65.8 Å². The largest absolute Gasteiger partial charge is 0.454 e. The Balaban J connectivity index is 0.000000174. The highest BCUT2D eigenvalue weighted by Crippen LogP contribution is 2.48. The number of aliphatic hydroxyl groups is 3. The molecule has 0 aliphatic carbocycles. The van der Waals surface area contributed by atoms with Crippen molar-refractivity contribution in [2.24, 2.45) is 17.8 Å². The number of H-pyrrole nitrogens is 1. The van der Waals surface area contributed by atoms with E-state index in [1.54, 1.807) is 116 Å². The third-order valence-electron chi connectivity index (χ3n) is 20.3. The smallest absolute Gasteiger partial charge is 0.338 e. The number of aromatic nitrogens is 12. The Morgan fingerprint density at radius 3 is 1.32 bits per heavy atom. The zero-order chi connectivity index (χ0) is 85.4. The van der Waals surface area contributed by atoms with Gasteiger partial charge in [-0.3, -0.25) is 9.36 Å². The molecule has 8 aromatic heterocycles. The molecule has 16 atom stereocenters. The lowest BCUT2D eigenvalue weighted by molar-refractivity contribution is -0.186. The summed E-state index contributed by atoms with van der Waals surface area (Å²) in [5, 5.41) is 40.0. The Bertz CT molecular complexity index is 5730. The molecule has 37 heteroatoms. The van der Waals surface area contributed by atoms with Gasteiger partial charge in [-0.25, -0.2) is 68.8 Å². The minimum atomic E-state index is -1.26.